The van der Waals surface area contributed by atoms with Crippen molar-refractivity contribution in [1.82, 2.24) is 0 Å². The lowest BCUT2D eigenvalue weighted by Gasteiger charge is -2.09. The van der Waals surface area contributed by atoms with Gasteiger partial charge in [-0.05, 0) is 50.9 Å². The van der Waals surface area contributed by atoms with E-state index in [-0.39, 0.29) is 0 Å². The maximum atomic E-state index is 4.05. The largest absolute Gasteiger partial charge is 0.0995 e. The summed E-state index contributed by atoms with van der Waals surface area (Å²) in [6.07, 6.45) is 12.8. The van der Waals surface area contributed by atoms with Crippen LogP contribution in [0.1, 0.15) is 58.8 Å². The summed E-state index contributed by atoms with van der Waals surface area (Å²) in [7, 11) is 0. The molecule has 4 atom stereocenters. The zero-order valence-corrected chi connectivity index (χ0v) is 11.5. The van der Waals surface area contributed by atoms with Crippen LogP contribution in [-0.4, -0.2) is 0 Å². The molecule has 0 radical (unpaired) electrons. The van der Waals surface area contributed by atoms with Crippen LogP contribution in [0.5, 0.6) is 0 Å². The highest BCUT2D eigenvalue weighted by molar-refractivity contribution is 5.36. The Bertz CT molecular complexity index is 352. The van der Waals surface area contributed by atoms with Crippen LogP contribution in [0.25, 0.3) is 0 Å². The van der Waals surface area contributed by atoms with E-state index < -0.39 is 0 Å². The van der Waals surface area contributed by atoms with Crippen LogP contribution in [0, 0.1) is 23.2 Å². The first kappa shape index (κ1) is 11.6. The van der Waals surface area contributed by atoms with Gasteiger partial charge >= 0.3 is 0 Å². The highest BCUT2D eigenvalue weighted by Gasteiger charge is 2.57. The quantitative estimate of drug-likeness (QED) is 0.549. The maximum Gasteiger partial charge on any atom is 0.00126 e. The fourth-order valence-corrected chi connectivity index (χ4v) is 4.09. The third-order valence-electron chi connectivity index (χ3n) is 5.73. The first-order chi connectivity index (χ1) is 8.13. The first-order valence-corrected chi connectivity index (χ1v) is 7.46. The number of rotatable bonds is 1. The average molecular weight is 230 g/mol. The Morgan fingerprint density at radius 1 is 1.29 bits per heavy atom. The van der Waals surface area contributed by atoms with Crippen molar-refractivity contribution in [3.05, 3.63) is 23.8 Å². The Labute approximate surface area is 106 Å². The molecule has 3 saturated carbocycles. The van der Waals surface area contributed by atoms with E-state index >= 15 is 0 Å². The predicted molar refractivity (Wildman–Crippen MR) is 73.8 cm³/mol. The number of hydrogen-bond acceptors (Lipinski definition) is 0. The highest BCUT2D eigenvalue weighted by Crippen LogP contribution is 2.66. The minimum absolute atomic E-state index is 0.546. The van der Waals surface area contributed by atoms with Gasteiger partial charge in [-0.2, -0.15) is 0 Å². The summed E-state index contributed by atoms with van der Waals surface area (Å²) in [5.41, 5.74) is 3.54. The van der Waals surface area contributed by atoms with E-state index in [4.69, 9.17) is 0 Å². The van der Waals surface area contributed by atoms with E-state index in [1.807, 2.05) is 0 Å². The molecule has 0 spiro atoms. The van der Waals surface area contributed by atoms with Crippen molar-refractivity contribution in [3.8, 4) is 0 Å². The molecule has 0 N–H and O–H groups in total. The van der Waals surface area contributed by atoms with Gasteiger partial charge in [-0.15, -0.1) is 0 Å². The monoisotopic (exact) mass is 230 g/mol. The molecule has 0 aromatic rings. The van der Waals surface area contributed by atoms with Gasteiger partial charge in [0.05, 0.1) is 0 Å². The van der Waals surface area contributed by atoms with E-state index in [2.05, 4.69) is 26.5 Å². The molecule has 3 fully saturated rings. The number of hydrogen-bond donors (Lipinski definition) is 0. The summed E-state index contributed by atoms with van der Waals surface area (Å²) in [5, 5.41) is 0. The Kier molecular flexibility index (Phi) is 2.72. The zero-order chi connectivity index (χ0) is 12.0. The summed E-state index contributed by atoms with van der Waals surface area (Å²) < 4.78 is 0. The third kappa shape index (κ3) is 2.00. The number of allylic oxidation sites excluding steroid dienone is 3. The minimum atomic E-state index is 0.546. The number of fused-ring (bicyclic) bond motifs is 2. The zero-order valence-electron chi connectivity index (χ0n) is 11.5. The van der Waals surface area contributed by atoms with Crippen molar-refractivity contribution >= 4 is 0 Å². The summed E-state index contributed by atoms with van der Waals surface area (Å²) in [6.45, 7) is 8.48. The molecule has 4 rings (SSSR count). The lowest BCUT2D eigenvalue weighted by molar-refractivity contribution is 0.480. The molecule has 0 heterocycles. The van der Waals surface area contributed by atoms with Gasteiger partial charge in [-0.1, -0.05) is 49.5 Å². The van der Waals surface area contributed by atoms with Crippen molar-refractivity contribution in [2.75, 3.05) is 0 Å². The van der Waals surface area contributed by atoms with Crippen molar-refractivity contribution in [3.63, 3.8) is 0 Å². The van der Waals surface area contributed by atoms with E-state index in [0.29, 0.717) is 5.41 Å². The lowest BCUT2D eigenvalue weighted by Crippen LogP contribution is -1.98. The second kappa shape index (κ2) is 4.00. The standard InChI is InChI=1S/C10H14.C7H12/c1-7(2)10-5-4-8(3)9(10)6-10;1-2-4-7-5-6(7)3-1/h4,9H,1,5-6H2,2-3H3;6-7H,1-5H2. The SMILES string of the molecule is C1CCC2CC2C1.C=C(C)C12CC=C(C)C1C2. The van der Waals surface area contributed by atoms with Crippen LogP contribution in [0.2, 0.25) is 0 Å². The molecule has 4 unspecified atom stereocenters. The molecule has 0 aromatic heterocycles. The second-order valence-corrected chi connectivity index (χ2v) is 6.89. The molecule has 0 aromatic carbocycles. The second-order valence-electron chi connectivity index (χ2n) is 6.89. The topological polar surface area (TPSA) is 0 Å². The first-order valence-electron chi connectivity index (χ1n) is 7.46. The van der Waals surface area contributed by atoms with Gasteiger partial charge in [0.1, 0.15) is 0 Å². The highest BCUT2D eigenvalue weighted by atomic mass is 14.6. The van der Waals surface area contributed by atoms with Gasteiger partial charge in [-0.25, -0.2) is 0 Å². The van der Waals surface area contributed by atoms with E-state index in [1.54, 1.807) is 24.8 Å². The molecule has 0 bridgehead atoms. The van der Waals surface area contributed by atoms with E-state index in [9.17, 15) is 0 Å². The Balaban J connectivity index is 0.000000113. The fourth-order valence-electron chi connectivity index (χ4n) is 4.09. The molecular formula is C17H26. The maximum absolute atomic E-state index is 4.05. The van der Waals surface area contributed by atoms with Crippen LogP contribution in [0.3, 0.4) is 0 Å². The summed E-state index contributed by atoms with van der Waals surface area (Å²) >= 11 is 0. The van der Waals surface area contributed by atoms with Crippen LogP contribution in [0.15, 0.2) is 23.8 Å². The summed E-state index contributed by atoms with van der Waals surface area (Å²) in [5.74, 6) is 3.28. The molecule has 0 saturated heterocycles. The molecule has 17 heavy (non-hydrogen) atoms. The molecule has 0 aliphatic heterocycles. The van der Waals surface area contributed by atoms with Crippen LogP contribution < -0.4 is 0 Å². The fraction of sp³-hybridized carbons (Fsp3) is 0.765. The van der Waals surface area contributed by atoms with E-state index in [1.165, 1.54) is 43.1 Å². The molecule has 4 aliphatic carbocycles. The molecule has 94 valence electrons. The molecule has 0 nitrogen and oxygen atoms in total. The van der Waals surface area contributed by atoms with Crippen LogP contribution >= 0.6 is 0 Å². The van der Waals surface area contributed by atoms with Gasteiger partial charge in [0.25, 0.3) is 0 Å². The molecule has 0 heteroatoms. The van der Waals surface area contributed by atoms with Crippen molar-refractivity contribution < 1.29 is 0 Å². The van der Waals surface area contributed by atoms with Gasteiger partial charge in [0.2, 0.25) is 0 Å². The van der Waals surface area contributed by atoms with Gasteiger partial charge in [0.15, 0.2) is 0 Å². The average Bonchev–Trinajstić information content (AvgIpc) is 3.21. The lowest BCUT2D eigenvalue weighted by atomic mass is 9.95. The van der Waals surface area contributed by atoms with Crippen molar-refractivity contribution in [2.24, 2.45) is 23.2 Å². The molecular weight excluding hydrogens is 204 g/mol. The van der Waals surface area contributed by atoms with Crippen LogP contribution in [0.4, 0.5) is 0 Å². The van der Waals surface area contributed by atoms with Crippen molar-refractivity contribution in [1.29, 1.82) is 0 Å². The van der Waals surface area contributed by atoms with Gasteiger partial charge in [0, 0.05) is 5.41 Å². The molecule has 4 aliphatic rings. The van der Waals surface area contributed by atoms with Gasteiger partial charge in [-0.3, -0.25) is 0 Å². The Hall–Kier alpha value is -0.520. The predicted octanol–water partition coefficient (Wildman–Crippen LogP) is 5.12. The smallest absolute Gasteiger partial charge is 0.00126 e. The summed E-state index contributed by atoms with van der Waals surface area (Å²) in [4.78, 5) is 0. The molecule has 0 amide bonds. The summed E-state index contributed by atoms with van der Waals surface area (Å²) in [6, 6.07) is 0. The van der Waals surface area contributed by atoms with E-state index in [0.717, 1.165) is 5.92 Å². The third-order valence-corrected chi connectivity index (χ3v) is 5.73. The Morgan fingerprint density at radius 2 is 1.94 bits per heavy atom. The normalized spacial score (nSPS) is 44.8. The van der Waals surface area contributed by atoms with Crippen molar-refractivity contribution in [2.45, 2.75) is 58.8 Å². The minimum Gasteiger partial charge on any atom is -0.0995 e. The Morgan fingerprint density at radius 3 is 2.24 bits per heavy atom. The van der Waals surface area contributed by atoms with Gasteiger partial charge < -0.3 is 0 Å². The van der Waals surface area contributed by atoms with Crippen LogP contribution in [-0.2, 0) is 0 Å².